The molecule has 0 saturated carbocycles. The number of hydrogen-bond acceptors (Lipinski definition) is 5. The van der Waals surface area contributed by atoms with Crippen molar-refractivity contribution in [3.63, 3.8) is 0 Å². The van der Waals surface area contributed by atoms with Crippen LogP contribution in [0.15, 0.2) is 30.3 Å². The Morgan fingerprint density at radius 3 is 2.62 bits per heavy atom. The van der Waals surface area contributed by atoms with E-state index >= 15 is 0 Å². The lowest BCUT2D eigenvalue weighted by atomic mass is 10.2. The molecule has 0 spiro atoms. The Labute approximate surface area is 94.3 Å². The first-order valence-corrected chi connectivity index (χ1v) is 5.80. The van der Waals surface area contributed by atoms with Gasteiger partial charge in [0.1, 0.15) is 6.61 Å². The molecule has 1 rings (SSSR count). The van der Waals surface area contributed by atoms with Gasteiger partial charge < -0.3 is 4.74 Å². The van der Waals surface area contributed by atoms with Gasteiger partial charge in [-0.2, -0.15) is 4.79 Å². The van der Waals surface area contributed by atoms with Crippen LogP contribution in [-0.2, 0) is 25.0 Å². The van der Waals surface area contributed by atoms with Crippen LogP contribution in [0.1, 0.15) is 12.5 Å². The predicted octanol–water partition coefficient (Wildman–Crippen LogP) is 3.03. The van der Waals surface area contributed by atoms with E-state index in [1.807, 2.05) is 30.3 Å². The highest BCUT2D eigenvalue weighted by Crippen LogP contribution is 2.26. The van der Waals surface area contributed by atoms with Crippen molar-refractivity contribution in [1.29, 1.82) is 0 Å². The molecule has 0 radical (unpaired) electrons. The van der Waals surface area contributed by atoms with Gasteiger partial charge >= 0.3 is 14.4 Å². The topological polar surface area (TPSA) is 61.8 Å². The molecule has 0 bridgehead atoms. The van der Waals surface area contributed by atoms with Gasteiger partial charge in [0.2, 0.25) is 0 Å². The van der Waals surface area contributed by atoms with Crippen LogP contribution in [0.2, 0.25) is 0 Å². The Morgan fingerprint density at radius 2 is 2.00 bits per heavy atom. The van der Waals surface area contributed by atoms with Gasteiger partial charge in [-0.25, -0.2) is 0 Å². The summed E-state index contributed by atoms with van der Waals surface area (Å²) in [6, 6.07) is 9.15. The fourth-order valence-corrected chi connectivity index (χ4v) is 1.41. The van der Waals surface area contributed by atoms with Crippen molar-refractivity contribution in [2.24, 2.45) is 0 Å². The lowest BCUT2D eigenvalue weighted by Crippen LogP contribution is -2.02. The van der Waals surface area contributed by atoms with Crippen LogP contribution in [-0.4, -0.2) is 12.8 Å². The quantitative estimate of drug-likeness (QED) is 0.587. The molecule has 0 heterocycles. The monoisotopic (exact) mass is 243 g/mol. The molecule has 86 valence electrons. The molecule has 5 nitrogen and oxygen atoms in total. The normalized spacial score (nSPS) is 10.7. The third-order valence-corrected chi connectivity index (χ3v) is 2.23. The number of carbonyl (C=O) groups excluding carboxylic acids is 1. The molecule has 0 aliphatic carbocycles. The second kappa shape index (κ2) is 6.93. The molecule has 0 aliphatic heterocycles. The molecule has 1 aromatic carbocycles. The molecule has 16 heavy (non-hydrogen) atoms. The highest BCUT2D eigenvalue weighted by molar-refractivity contribution is 7.33. The second-order valence-corrected chi connectivity index (χ2v) is 3.64. The summed E-state index contributed by atoms with van der Waals surface area (Å²) >= 11 is 0. The number of ether oxygens (including phenoxy) is 1. The van der Waals surface area contributed by atoms with E-state index in [1.165, 1.54) is 0 Å². The molecular weight excluding hydrogens is 231 g/mol. The molecular formula is C10H12O5P+. The smallest absolute Gasteiger partial charge is 0.432 e. The van der Waals surface area contributed by atoms with Gasteiger partial charge in [-0.15, -0.1) is 9.05 Å². The van der Waals surface area contributed by atoms with Crippen molar-refractivity contribution < 1.29 is 23.1 Å². The number of rotatable bonds is 5. The van der Waals surface area contributed by atoms with Gasteiger partial charge in [0, 0.05) is 4.57 Å². The maximum atomic E-state index is 11.1. The fraction of sp³-hybridized carbons (Fsp3) is 0.300. The maximum absolute atomic E-state index is 11.1. The number of carbonyl (C=O) groups is 1. The highest BCUT2D eigenvalue weighted by Gasteiger charge is 2.27. The third-order valence-electron chi connectivity index (χ3n) is 1.59. The molecule has 0 aliphatic rings. The Bertz CT molecular complexity index is 351. The molecule has 0 aromatic heterocycles. The van der Waals surface area contributed by atoms with E-state index in [0.717, 1.165) is 5.56 Å². The lowest BCUT2D eigenvalue weighted by Gasteiger charge is -1.94. The van der Waals surface area contributed by atoms with Crippen LogP contribution in [0.3, 0.4) is 0 Å². The van der Waals surface area contributed by atoms with Crippen molar-refractivity contribution in [3.05, 3.63) is 35.9 Å². The van der Waals surface area contributed by atoms with E-state index < -0.39 is 14.4 Å². The van der Waals surface area contributed by atoms with Gasteiger partial charge in [-0.1, -0.05) is 30.3 Å². The summed E-state index contributed by atoms with van der Waals surface area (Å²) in [5, 5.41) is 0. The summed E-state index contributed by atoms with van der Waals surface area (Å²) in [5.41, 5.74) is 0.846. The maximum Gasteiger partial charge on any atom is 0.756 e. The van der Waals surface area contributed by atoms with E-state index in [2.05, 4.69) is 9.26 Å². The number of hydrogen-bond donors (Lipinski definition) is 0. The molecule has 0 N–H and O–H groups in total. The highest BCUT2D eigenvalue weighted by atomic mass is 31.1. The Kier molecular flexibility index (Phi) is 5.46. The third kappa shape index (κ3) is 4.87. The van der Waals surface area contributed by atoms with Crippen molar-refractivity contribution in [1.82, 2.24) is 0 Å². The minimum atomic E-state index is -2.48. The largest absolute Gasteiger partial charge is 0.756 e. The average molecular weight is 243 g/mol. The van der Waals surface area contributed by atoms with Gasteiger partial charge in [0.15, 0.2) is 0 Å². The second-order valence-electron chi connectivity index (χ2n) is 2.76. The van der Waals surface area contributed by atoms with Crippen LogP contribution in [0.5, 0.6) is 0 Å². The van der Waals surface area contributed by atoms with Crippen LogP contribution in [0, 0.1) is 0 Å². The van der Waals surface area contributed by atoms with Gasteiger partial charge in [-0.3, -0.25) is 0 Å². The van der Waals surface area contributed by atoms with Crippen LogP contribution in [0.4, 0.5) is 4.79 Å². The van der Waals surface area contributed by atoms with E-state index in [0.29, 0.717) is 0 Å². The summed E-state index contributed by atoms with van der Waals surface area (Å²) in [4.78, 5) is 10.8. The van der Waals surface area contributed by atoms with Crippen molar-refractivity contribution >= 4 is 14.4 Å². The van der Waals surface area contributed by atoms with Gasteiger partial charge in [0.05, 0.1) is 6.61 Å². The minimum absolute atomic E-state index is 0.120. The molecule has 1 unspecified atom stereocenters. The van der Waals surface area contributed by atoms with Crippen molar-refractivity contribution in [2.75, 3.05) is 6.61 Å². The van der Waals surface area contributed by atoms with Gasteiger partial charge in [0.25, 0.3) is 0 Å². The molecule has 0 fully saturated rings. The Balaban J connectivity index is 2.28. The van der Waals surface area contributed by atoms with Crippen molar-refractivity contribution in [2.45, 2.75) is 13.5 Å². The molecule has 0 saturated heterocycles. The Morgan fingerprint density at radius 1 is 1.31 bits per heavy atom. The average Bonchev–Trinajstić information content (AvgIpc) is 2.28. The molecule has 1 aromatic rings. The lowest BCUT2D eigenvalue weighted by molar-refractivity contribution is 0.0984. The first-order valence-electron chi connectivity index (χ1n) is 4.71. The van der Waals surface area contributed by atoms with Crippen LogP contribution >= 0.6 is 8.25 Å². The summed E-state index contributed by atoms with van der Waals surface area (Å²) in [6.45, 7) is 1.91. The summed E-state index contributed by atoms with van der Waals surface area (Å²) in [6.07, 6.45) is -0.989. The van der Waals surface area contributed by atoms with Crippen LogP contribution < -0.4 is 0 Å². The zero-order chi connectivity index (χ0) is 11.8. The fourth-order valence-electron chi connectivity index (χ4n) is 0.933. The Hall–Kier alpha value is -1.45. The van der Waals surface area contributed by atoms with Gasteiger partial charge in [-0.05, 0) is 12.5 Å². The summed E-state index contributed by atoms with van der Waals surface area (Å²) < 4.78 is 24.7. The zero-order valence-corrected chi connectivity index (χ0v) is 9.68. The number of benzene rings is 1. The SMILES string of the molecule is CCOC(=O)O[P+](=O)OCc1ccccc1. The van der Waals surface area contributed by atoms with Crippen LogP contribution in [0.25, 0.3) is 0 Å². The van der Waals surface area contributed by atoms with Crippen molar-refractivity contribution in [3.8, 4) is 0 Å². The zero-order valence-electron chi connectivity index (χ0n) is 8.79. The summed E-state index contributed by atoms with van der Waals surface area (Å²) in [5.74, 6) is 0. The minimum Gasteiger partial charge on any atom is -0.432 e. The van der Waals surface area contributed by atoms with E-state index in [-0.39, 0.29) is 13.2 Å². The molecule has 1 atom stereocenters. The molecule has 0 amide bonds. The predicted molar refractivity (Wildman–Crippen MR) is 56.9 cm³/mol. The van der Waals surface area contributed by atoms with E-state index in [9.17, 15) is 9.36 Å². The first kappa shape index (κ1) is 12.6. The first-order chi connectivity index (χ1) is 7.72. The standard InChI is InChI=1S/C10H12O5P/c1-2-13-10(11)15-16(12)14-8-9-6-4-3-5-7-9/h3-7H,2,8H2,1H3/q+1. The van der Waals surface area contributed by atoms with E-state index in [4.69, 9.17) is 4.52 Å². The van der Waals surface area contributed by atoms with E-state index in [1.54, 1.807) is 6.92 Å². The molecule has 6 heteroatoms. The summed E-state index contributed by atoms with van der Waals surface area (Å²) in [7, 11) is -2.48.